The summed E-state index contributed by atoms with van der Waals surface area (Å²) in [4.78, 5) is 27.6. The number of hydrogen-bond donors (Lipinski definition) is 1. The van der Waals surface area contributed by atoms with Crippen LogP contribution in [0.25, 0.3) is 0 Å². The third-order valence-corrected chi connectivity index (χ3v) is 7.50. The van der Waals surface area contributed by atoms with Crippen LogP contribution in [-0.4, -0.2) is 48.6 Å². The topological polar surface area (TPSA) is 67.9 Å². The number of carbonyl (C=O) groups excluding carboxylic acids is 2. The van der Waals surface area contributed by atoms with Crippen molar-refractivity contribution in [3.8, 4) is 11.5 Å². The predicted molar refractivity (Wildman–Crippen MR) is 126 cm³/mol. The van der Waals surface area contributed by atoms with Gasteiger partial charge < -0.3 is 19.7 Å². The minimum absolute atomic E-state index is 0.0418. The molecular weight excluding hydrogens is 416 g/mol. The van der Waals surface area contributed by atoms with Gasteiger partial charge in [-0.15, -0.1) is 0 Å². The van der Waals surface area contributed by atoms with Crippen LogP contribution in [0.3, 0.4) is 0 Å². The lowest BCUT2D eigenvalue weighted by molar-refractivity contribution is -0.123. The van der Waals surface area contributed by atoms with Gasteiger partial charge in [-0.1, -0.05) is 18.2 Å². The van der Waals surface area contributed by atoms with Crippen molar-refractivity contribution < 1.29 is 19.1 Å². The fraction of sp³-hybridized carbons (Fsp3) is 0.481. The highest BCUT2D eigenvalue weighted by molar-refractivity contribution is 5.94. The number of piperidine rings is 1. The summed E-state index contributed by atoms with van der Waals surface area (Å²) in [7, 11) is 1.62. The van der Waals surface area contributed by atoms with E-state index in [1.807, 2.05) is 47.4 Å². The molecule has 1 atom stereocenters. The summed E-state index contributed by atoms with van der Waals surface area (Å²) >= 11 is 0. The summed E-state index contributed by atoms with van der Waals surface area (Å²) in [5.41, 5.74) is 1.47. The van der Waals surface area contributed by atoms with E-state index in [9.17, 15) is 9.59 Å². The highest BCUT2D eigenvalue weighted by atomic mass is 16.5. The molecule has 1 spiro atoms. The molecule has 174 valence electrons. The number of benzene rings is 2. The van der Waals surface area contributed by atoms with E-state index in [0.29, 0.717) is 31.1 Å². The van der Waals surface area contributed by atoms with Crippen LogP contribution in [0.2, 0.25) is 0 Å². The monoisotopic (exact) mass is 448 g/mol. The number of methoxy groups -OCH3 is 1. The van der Waals surface area contributed by atoms with Gasteiger partial charge in [0, 0.05) is 49.9 Å². The van der Waals surface area contributed by atoms with Gasteiger partial charge in [0.05, 0.1) is 7.11 Å². The third kappa shape index (κ3) is 4.56. The first-order valence-corrected chi connectivity index (χ1v) is 12.1. The van der Waals surface area contributed by atoms with E-state index in [4.69, 9.17) is 9.47 Å². The summed E-state index contributed by atoms with van der Waals surface area (Å²) in [6, 6.07) is 15.7. The molecule has 6 heteroatoms. The van der Waals surface area contributed by atoms with Crippen molar-refractivity contribution in [1.29, 1.82) is 0 Å². The lowest BCUT2D eigenvalue weighted by atomic mass is 9.76. The Morgan fingerprint density at radius 3 is 2.48 bits per heavy atom. The Labute approximate surface area is 195 Å². The maximum Gasteiger partial charge on any atom is 0.253 e. The quantitative estimate of drug-likeness (QED) is 0.741. The Morgan fingerprint density at radius 1 is 1.09 bits per heavy atom. The largest absolute Gasteiger partial charge is 0.497 e. The number of ether oxygens (including phenoxy) is 2. The zero-order chi connectivity index (χ0) is 22.8. The molecule has 1 saturated heterocycles. The van der Waals surface area contributed by atoms with E-state index in [-0.39, 0.29) is 23.3 Å². The Kier molecular flexibility index (Phi) is 6.00. The van der Waals surface area contributed by atoms with Gasteiger partial charge in [-0.25, -0.2) is 0 Å². The number of hydrogen-bond acceptors (Lipinski definition) is 4. The van der Waals surface area contributed by atoms with E-state index >= 15 is 0 Å². The molecule has 2 aliphatic heterocycles. The molecule has 1 aliphatic carbocycles. The van der Waals surface area contributed by atoms with Crippen LogP contribution < -0.4 is 14.8 Å². The molecule has 33 heavy (non-hydrogen) atoms. The Bertz CT molecular complexity index is 1010. The summed E-state index contributed by atoms with van der Waals surface area (Å²) in [5.74, 6) is 1.95. The van der Waals surface area contributed by atoms with Gasteiger partial charge in [0.15, 0.2) is 0 Å². The first-order valence-electron chi connectivity index (χ1n) is 12.1. The zero-order valence-corrected chi connectivity index (χ0v) is 19.2. The molecule has 0 radical (unpaired) electrons. The number of nitrogens with one attached hydrogen (secondary N) is 1. The van der Waals surface area contributed by atoms with Crippen LogP contribution in [0, 0.1) is 0 Å². The second-order valence-corrected chi connectivity index (χ2v) is 9.64. The fourth-order valence-corrected chi connectivity index (χ4v) is 5.33. The average molecular weight is 449 g/mol. The molecule has 2 aromatic carbocycles. The van der Waals surface area contributed by atoms with Crippen molar-refractivity contribution in [2.24, 2.45) is 0 Å². The molecule has 1 saturated carbocycles. The van der Waals surface area contributed by atoms with Crippen LogP contribution in [0.15, 0.2) is 48.5 Å². The van der Waals surface area contributed by atoms with Gasteiger partial charge in [-0.2, -0.15) is 0 Å². The minimum atomic E-state index is -0.327. The number of carbonyl (C=O) groups is 2. The number of fused-ring (bicyclic) bond motifs is 1. The molecule has 5 rings (SSSR count). The lowest BCUT2D eigenvalue weighted by Gasteiger charge is -2.47. The maximum absolute atomic E-state index is 13.0. The first-order chi connectivity index (χ1) is 16.0. The maximum atomic E-state index is 13.0. The highest BCUT2D eigenvalue weighted by Crippen LogP contribution is 2.46. The smallest absolute Gasteiger partial charge is 0.253 e. The number of rotatable bonds is 5. The number of para-hydroxylation sites is 1. The average Bonchev–Trinajstić information content (AvgIpc) is 2.81. The number of likely N-dealkylation sites (tertiary alicyclic amines) is 1. The predicted octanol–water partition coefficient (Wildman–Crippen LogP) is 4.30. The van der Waals surface area contributed by atoms with E-state index in [1.54, 1.807) is 7.11 Å². The van der Waals surface area contributed by atoms with Crippen LogP contribution in [0.4, 0.5) is 0 Å². The SMILES string of the molecule is COc1ccc(C(=O)N2CCC3(CC2)C[C@H](CC(=O)NC2CCC2)c2ccccc2O3)cc1. The first kappa shape index (κ1) is 21.8. The Hall–Kier alpha value is -3.02. The molecule has 0 aromatic heterocycles. The second kappa shape index (κ2) is 9.08. The van der Waals surface area contributed by atoms with Crippen molar-refractivity contribution in [2.75, 3.05) is 20.2 Å². The van der Waals surface area contributed by atoms with Crippen LogP contribution >= 0.6 is 0 Å². The highest BCUT2D eigenvalue weighted by Gasteiger charge is 2.44. The summed E-state index contributed by atoms with van der Waals surface area (Å²) in [5, 5.41) is 3.19. The summed E-state index contributed by atoms with van der Waals surface area (Å²) in [6.07, 6.45) is 6.24. The molecule has 6 nitrogen and oxygen atoms in total. The molecule has 2 fully saturated rings. The van der Waals surface area contributed by atoms with Crippen LogP contribution in [0.1, 0.15) is 66.8 Å². The van der Waals surface area contributed by atoms with Crippen molar-refractivity contribution in [3.63, 3.8) is 0 Å². The zero-order valence-electron chi connectivity index (χ0n) is 19.2. The summed E-state index contributed by atoms with van der Waals surface area (Å²) < 4.78 is 11.8. The third-order valence-electron chi connectivity index (χ3n) is 7.50. The van der Waals surface area contributed by atoms with Gasteiger partial charge in [-0.05, 0) is 61.6 Å². The second-order valence-electron chi connectivity index (χ2n) is 9.64. The van der Waals surface area contributed by atoms with E-state index in [0.717, 1.165) is 49.2 Å². The minimum Gasteiger partial charge on any atom is -0.497 e. The van der Waals surface area contributed by atoms with E-state index < -0.39 is 0 Å². The molecular formula is C27H32N2O4. The fourth-order valence-electron chi connectivity index (χ4n) is 5.33. The van der Waals surface area contributed by atoms with E-state index in [2.05, 4.69) is 11.4 Å². The van der Waals surface area contributed by atoms with Crippen molar-refractivity contribution in [2.45, 2.75) is 62.5 Å². The molecule has 2 heterocycles. The Balaban J connectivity index is 1.26. The normalized spacial score (nSPS) is 21.5. The van der Waals surface area contributed by atoms with Gasteiger partial charge in [0.25, 0.3) is 5.91 Å². The van der Waals surface area contributed by atoms with Gasteiger partial charge >= 0.3 is 0 Å². The lowest BCUT2D eigenvalue weighted by Crippen LogP contribution is -2.52. The van der Waals surface area contributed by atoms with Crippen molar-refractivity contribution >= 4 is 11.8 Å². The van der Waals surface area contributed by atoms with Gasteiger partial charge in [0.1, 0.15) is 17.1 Å². The summed E-state index contributed by atoms with van der Waals surface area (Å²) in [6.45, 7) is 1.29. The van der Waals surface area contributed by atoms with Gasteiger partial charge in [-0.3, -0.25) is 9.59 Å². The molecule has 0 bridgehead atoms. The van der Waals surface area contributed by atoms with Crippen LogP contribution in [0.5, 0.6) is 11.5 Å². The standard InChI is InChI=1S/C27H32N2O4/c1-32-22-11-9-19(10-12-22)26(31)29-15-13-27(14-16-29)18-20(17-25(30)28-21-5-4-6-21)23-7-2-3-8-24(23)33-27/h2-3,7-12,20-21H,4-6,13-18H2,1H3,(H,28,30)/t20-/m0/s1. The number of nitrogens with zero attached hydrogens (tertiary/aromatic N) is 1. The molecule has 0 unspecified atom stereocenters. The number of amides is 2. The van der Waals surface area contributed by atoms with E-state index in [1.165, 1.54) is 6.42 Å². The van der Waals surface area contributed by atoms with Crippen molar-refractivity contribution in [1.82, 2.24) is 10.2 Å². The Morgan fingerprint density at radius 2 is 1.82 bits per heavy atom. The van der Waals surface area contributed by atoms with Crippen molar-refractivity contribution in [3.05, 3.63) is 59.7 Å². The van der Waals surface area contributed by atoms with Crippen LogP contribution in [-0.2, 0) is 4.79 Å². The molecule has 1 N–H and O–H groups in total. The molecule has 2 aromatic rings. The molecule has 3 aliphatic rings. The molecule has 2 amide bonds. The van der Waals surface area contributed by atoms with Gasteiger partial charge in [0.2, 0.25) is 5.91 Å².